The maximum Gasteiger partial charge on any atom is 0.361 e. The van der Waals surface area contributed by atoms with Crippen LogP contribution in [0.25, 0.3) is 0 Å². The zero-order valence-corrected chi connectivity index (χ0v) is 58.3. The molecule has 0 aromatic heterocycles. The number of carboxylic acids is 1. The number of hydrogen-bond acceptors (Lipinski definition) is 7. The number of carbonyl (C=O) groups excluding carboxylic acids is 2. The molecule has 2 unspecified atom stereocenters. The van der Waals surface area contributed by atoms with Crippen LogP contribution in [0.4, 0.5) is 0 Å². The summed E-state index contributed by atoms with van der Waals surface area (Å²) in [7, 11) is 5.97. The van der Waals surface area contributed by atoms with Crippen molar-refractivity contribution in [1.82, 2.24) is 0 Å². The maximum absolute atomic E-state index is 13.0. The lowest BCUT2D eigenvalue weighted by atomic mass is 10.0. The van der Waals surface area contributed by atoms with E-state index >= 15 is 0 Å². The molecule has 9 heteroatoms. The van der Waals surface area contributed by atoms with Crippen molar-refractivity contribution in [3.63, 3.8) is 0 Å². The summed E-state index contributed by atoms with van der Waals surface area (Å²) < 4.78 is 23.0. The van der Waals surface area contributed by atoms with E-state index in [4.69, 9.17) is 18.9 Å². The first-order valence-electron chi connectivity index (χ1n) is 36.7. The smallest absolute Gasteiger partial charge is 0.361 e. The van der Waals surface area contributed by atoms with Gasteiger partial charge >= 0.3 is 17.9 Å². The Morgan fingerprint density at radius 3 is 0.966 bits per heavy atom. The van der Waals surface area contributed by atoms with Crippen LogP contribution >= 0.6 is 0 Å². The van der Waals surface area contributed by atoms with Gasteiger partial charge in [0.05, 0.1) is 34.4 Å². The molecule has 0 aliphatic rings. The molecule has 0 aliphatic carbocycles. The first-order chi connectivity index (χ1) is 43.6. The van der Waals surface area contributed by atoms with Crippen molar-refractivity contribution in [3.05, 3.63) is 122 Å². The summed E-state index contributed by atoms with van der Waals surface area (Å²) in [6.07, 6.45) is 96.0. The van der Waals surface area contributed by atoms with Crippen LogP contribution in [-0.4, -0.2) is 87.4 Å². The molecule has 0 bridgehead atoms. The van der Waals surface area contributed by atoms with E-state index in [-0.39, 0.29) is 32.2 Å². The van der Waals surface area contributed by atoms with E-state index in [9.17, 15) is 19.5 Å². The van der Waals surface area contributed by atoms with Gasteiger partial charge in [0.15, 0.2) is 6.10 Å². The van der Waals surface area contributed by atoms with E-state index in [0.29, 0.717) is 23.9 Å². The van der Waals surface area contributed by atoms with Gasteiger partial charge in [0.2, 0.25) is 0 Å². The number of rotatable bonds is 67. The van der Waals surface area contributed by atoms with E-state index in [1.54, 1.807) is 0 Å². The number of hydrogen-bond donors (Lipinski definition) is 1. The third kappa shape index (κ3) is 71.0. The van der Waals surface area contributed by atoms with Gasteiger partial charge in [-0.1, -0.05) is 309 Å². The quantitative estimate of drug-likeness (QED) is 0.0211. The van der Waals surface area contributed by atoms with E-state index in [1.165, 1.54) is 173 Å². The number of esters is 2. The number of ether oxygens (including phenoxy) is 4. The minimum atomic E-state index is -1.52. The number of allylic oxidation sites excluding steroid dienone is 20. The molecule has 0 amide bonds. The largest absolute Gasteiger partial charge is 0.477 e. The van der Waals surface area contributed by atoms with E-state index < -0.39 is 24.3 Å². The van der Waals surface area contributed by atoms with Crippen LogP contribution in [0.2, 0.25) is 0 Å². The molecule has 0 fully saturated rings. The first-order valence-corrected chi connectivity index (χ1v) is 36.7. The number of unbranched alkanes of at least 4 members (excludes halogenated alkanes) is 32. The van der Waals surface area contributed by atoms with Gasteiger partial charge in [-0.15, -0.1) is 0 Å². The summed E-state index contributed by atoms with van der Waals surface area (Å²) >= 11 is 0. The lowest BCUT2D eigenvalue weighted by Gasteiger charge is -2.25. The monoisotopic (exact) mass is 1240 g/mol. The Labute approximate surface area is 548 Å². The third-order valence-corrected chi connectivity index (χ3v) is 15.7. The Balaban J connectivity index is 4.16. The fourth-order valence-electron chi connectivity index (χ4n) is 10.1. The molecule has 0 spiro atoms. The standard InChI is InChI=1S/C80H137NO8/c1-6-8-10-12-14-16-18-20-22-24-26-28-30-32-34-36-37-38-39-40-41-43-45-47-49-51-53-55-57-59-61-63-65-67-69-71-78(83)89-76(75-88-80(79(84)85)86-73-72-81(3,4)5)74-87-77(82)70-68-66-64-62-60-58-56-54-52-50-48-46-44-42-35-33-31-29-27-25-23-21-19-17-15-13-11-9-7-2/h8,10,14,16,20,22,25-28,32,34,37-38,40-41,45,47,51,53,76,80H,6-7,9,11-13,15,17-19,21,23-24,29-31,33,35-36,39,42-44,46,48-50,52,54-75H2,1-5H3/p+1/b10-8-,16-14-,22-20-,27-25-,28-26-,34-32-,38-37-,41-40-,47-45-,53-51-. The van der Waals surface area contributed by atoms with Crippen LogP contribution in [0.3, 0.4) is 0 Å². The molecule has 0 aromatic carbocycles. The molecule has 510 valence electrons. The van der Waals surface area contributed by atoms with Gasteiger partial charge in [0.25, 0.3) is 6.29 Å². The normalized spacial score (nSPS) is 13.4. The average molecular weight is 1240 g/mol. The molecular weight excluding hydrogens is 1100 g/mol. The van der Waals surface area contributed by atoms with Crippen LogP contribution in [0, 0.1) is 0 Å². The second-order valence-electron chi connectivity index (χ2n) is 25.5. The minimum absolute atomic E-state index is 0.181. The van der Waals surface area contributed by atoms with Gasteiger partial charge in [-0.05, 0) is 109 Å². The Bertz CT molecular complexity index is 1880. The molecule has 1 N–H and O–H groups in total. The summed E-state index contributed by atoms with van der Waals surface area (Å²) in [4.78, 5) is 37.7. The predicted octanol–water partition coefficient (Wildman–Crippen LogP) is 23.1. The molecular formula is C80H138NO8+. The van der Waals surface area contributed by atoms with Crippen LogP contribution < -0.4 is 0 Å². The number of likely N-dealkylation sites (N-methyl/N-ethyl adjacent to an activating group) is 1. The number of carbonyl (C=O) groups is 3. The lowest BCUT2D eigenvalue weighted by molar-refractivity contribution is -0.870. The summed E-state index contributed by atoms with van der Waals surface area (Å²) in [5.74, 6) is -2.02. The van der Waals surface area contributed by atoms with Gasteiger partial charge in [0.1, 0.15) is 13.2 Å². The van der Waals surface area contributed by atoms with Crippen LogP contribution in [0.5, 0.6) is 0 Å². The van der Waals surface area contributed by atoms with Gasteiger partial charge in [-0.2, -0.15) is 0 Å². The van der Waals surface area contributed by atoms with E-state index in [1.807, 2.05) is 21.1 Å². The lowest BCUT2D eigenvalue weighted by Crippen LogP contribution is -2.40. The molecule has 0 heterocycles. The highest BCUT2D eigenvalue weighted by Crippen LogP contribution is 2.17. The highest BCUT2D eigenvalue weighted by Gasteiger charge is 2.25. The third-order valence-electron chi connectivity index (χ3n) is 15.7. The number of nitrogens with zero attached hydrogens (tertiary/aromatic N) is 1. The fourth-order valence-corrected chi connectivity index (χ4v) is 10.1. The fraction of sp³-hybridized carbons (Fsp3) is 0.713. The Hall–Kier alpha value is -4.31. The Morgan fingerprint density at radius 2 is 0.640 bits per heavy atom. The van der Waals surface area contributed by atoms with Crippen molar-refractivity contribution in [2.24, 2.45) is 0 Å². The summed E-state index contributed by atoms with van der Waals surface area (Å²) in [6, 6.07) is 0. The summed E-state index contributed by atoms with van der Waals surface area (Å²) in [5.41, 5.74) is 0. The Morgan fingerprint density at radius 1 is 0.348 bits per heavy atom. The van der Waals surface area contributed by atoms with Crippen molar-refractivity contribution in [3.8, 4) is 0 Å². The molecule has 0 aromatic rings. The van der Waals surface area contributed by atoms with Crippen molar-refractivity contribution in [2.45, 2.75) is 322 Å². The number of carboxylic acid groups (broad SMARTS) is 1. The minimum Gasteiger partial charge on any atom is -0.477 e. The second kappa shape index (κ2) is 69.6. The molecule has 0 rings (SSSR count). The topological polar surface area (TPSA) is 108 Å². The van der Waals surface area contributed by atoms with Crippen molar-refractivity contribution >= 4 is 17.9 Å². The maximum atomic E-state index is 13.0. The van der Waals surface area contributed by atoms with Crippen LogP contribution in [0.1, 0.15) is 309 Å². The van der Waals surface area contributed by atoms with Crippen molar-refractivity contribution in [2.75, 3.05) is 47.5 Å². The molecule has 9 nitrogen and oxygen atoms in total. The molecule has 0 aliphatic heterocycles. The predicted molar refractivity (Wildman–Crippen MR) is 382 cm³/mol. The van der Waals surface area contributed by atoms with Gasteiger partial charge in [-0.25, -0.2) is 4.79 Å². The second-order valence-corrected chi connectivity index (χ2v) is 25.5. The highest BCUT2D eigenvalue weighted by molar-refractivity contribution is 5.71. The SMILES string of the molecule is CC/C=C\C/C=C\C/C=C\C/C=C\C/C=C\C/C=C\C/C=C\C/C=C\C/C=C\CCCCCCCCCC(=O)OC(COC(=O)CCCCCCCCCCCCCCCCCCC/C=C\CCCCCCCCCC)COC(OCC[N+](C)(C)C)C(=O)O. The van der Waals surface area contributed by atoms with Crippen molar-refractivity contribution < 1.29 is 42.9 Å². The van der Waals surface area contributed by atoms with Crippen LogP contribution in [-0.2, 0) is 33.3 Å². The molecule has 2 atom stereocenters. The number of quaternary nitrogens is 1. The van der Waals surface area contributed by atoms with Crippen molar-refractivity contribution in [1.29, 1.82) is 0 Å². The van der Waals surface area contributed by atoms with Gasteiger partial charge in [0, 0.05) is 12.8 Å². The molecule has 89 heavy (non-hydrogen) atoms. The van der Waals surface area contributed by atoms with Crippen LogP contribution in [0.15, 0.2) is 122 Å². The zero-order chi connectivity index (χ0) is 64.7. The number of aliphatic carboxylic acids is 1. The van der Waals surface area contributed by atoms with Gasteiger partial charge in [-0.3, -0.25) is 9.59 Å². The van der Waals surface area contributed by atoms with E-state index in [0.717, 1.165) is 103 Å². The highest BCUT2D eigenvalue weighted by atomic mass is 16.7. The Kier molecular flexibility index (Phi) is 66.2. The molecule has 0 saturated heterocycles. The summed E-state index contributed by atoms with van der Waals surface area (Å²) in [5, 5.41) is 9.76. The van der Waals surface area contributed by atoms with E-state index in [2.05, 4.69) is 135 Å². The molecule has 0 radical (unpaired) electrons. The average Bonchev–Trinajstić information content (AvgIpc) is 3.64. The zero-order valence-electron chi connectivity index (χ0n) is 58.3. The first kappa shape index (κ1) is 84.7. The van der Waals surface area contributed by atoms with Gasteiger partial charge < -0.3 is 28.5 Å². The summed E-state index contributed by atoms with van der Waals surface area (Å²) in [6.45, 7) is 4.77. The molecule has 0 saturated carbocycles.